The van der Waals surface area contributed by atoms with Crippen molar-refractivity contribution in [2.45, 2.75) is 57.5 Å². The van der Waals surface area contributed by atoms with Gasteiger partial charge in [0.25, 0.3) is 0 Å². The summed E-state index contributed by atoms with van der Waals surface area (Å²) in [4.78, 5) is 15.8. The van der Waals surface area contributed by atoms with Crippen LogP contribution in [0, 0.1) is 36.2 Å². The maximum atomic E-state index is 14.7. The second-order valence-corrected chi connectivity index (χ2v) is 10.0. The van der Waals surface area contributed by atoms with Gasteiger partial charge < -0.3 is 10.2 Å². The van der Waals surface area contributed by atoms with Gasteiger partial charge in [-0.05, 0) is 50.5 Å². The number of piperidine rings is 1. The summed E-state index contributed by atoms with van der Waals surface area (Å²) in [7, 11) is 0. The van der Waals surface area contributed by atoms with Crippen molar-refractivity contribution in [3.63, 3.8) is 0 Å². The van der Waals surface area contributed by atoms with Crippen LogP contribution in [-0.4, -0.2) is 43.9 Å². The molecule has 6 rings (SSSR count). The van der Waals surface area contributed by atoms with E-state index in [1.807, 2.05) is 13.0 Å². The van der Waals surface area contributed by atoms with E-state index >= 15 is 0 Å². The fourth-order valence-corrected chi connectivity index (χ4v) is 6.09. The Hall–Kier alpha value is -3.17. The summed E-state index contributed by atoms with van der Waals surface area (Å²) in [6.07, 6.45) is 6.19. The second kappa shape index (κ2) is 8.80. The maximum Gasteiger partial charge on any atom is 0.242 e. The number of fused-ring (bicyclic) bond motifs is 3. The number of rotatable bonds is 4. The number of aryl methyl sites for hydroxylation is 2. The molecule has 35 heavy (non-hydrogen) atoms. The molecular weight excluding hydrogens is 455 g/mol. The molecule has 3 atom stereocenters. The fourth-order valence-electron chi connectivity index (χ4n) is 6.09. The highest BCUT2D eigenvalue weighted by atomic mass is 19.2. The monoisotopic (exact) mass is 483 g/mol. The lowest BCUT2D eigenvalue weighted by Gasteiger charge is -2.38. The average molecular weight is 484 g/mol. The predicted octanol–water partition coefficient (Wildman–Crippen LogP) is 4.44. The van der Waals surface area contributed by atoms with Crippen molar-refractivity contribution < 1.29 is 13.2 Å². The van der Waals surface area contributed by atoms with Crippen LogP contribution in [0.4, 0.5) is 24.9 Å². The van der Waals surface area contributed by atoms with Crippen molar-refractivity contribution in [2.75, 3.05) is 23.3 Å². The first-order valence-corrected chi connectivity index (χ1v) is 12.4. The Balaban J connectivity index is 1.24. The van der Waals surface area contributed by atoms with Crippen LogP contribution in [0.3, 0.4) is 0 Å². The van der Waals surface area contributed by atoms with Gasteiger partial charge >= 0.3 is 0 Å². The van der Waals surface area contributed by atoms with Crippen LogP contribution >= 0.6 is 0 Å². The number of nitrogens with one attached hydrogen (secondary N) is 1. The van der Waals surface area contributed by atoms with Gasteiger partial charge in [0.15, 0.2) is 17.5 Å². The van der Waals surface area contributed by atoms with Gasteiger partial charge in [0.2, 0.25) is 5.95 Å². The summed E-state index contributed by atoms with van der Waals surface area (Å²) >= 11 is 0. The van der Waals surface area contributed by atoms with Crippen LogP contribution in [0.15, 0.2) is 24.5 Å². The number of aromatic nitrogens is 5. The molecule has 0 radical (unpaired) electrons. The first-order valence-electron chi connectivity index (χ1n) is 12.4. The molecule has 0 amide bonds. The van der Waals surface area contributed by atoms with E-state index in [0.29, 0.717) is 36.6 Å². The lowest BCUT2D eigenvalue weighted by atomic mass is 9.92. The minimum absolute atomic E-state index is 0.138. The van der Waals surface area contributed by atoms with Gasteiger partial charge in [0.05, 0.1) is 0 Å². The molecule has 10 heteroatoms. The normalized spacial score (nSPS) is 25.9. The molecule has 2 aromatic heterocycles. The van der Waals surface area contributed by atoms with Crippen molar-refractivity contribution in [3.05, 3.63) is 59.1 Å². The molecule has 1 aromatic carbocycles. The smallest absolute Gasteiger partial charge is 0.242 e. The summed E-state index contributed by atoms with van der Waals surface area (Å²) in [5, 5.41) is 8.29. The highest BCUT2D eigenvalue weighted by Crippen LogP contribution is 2.40. The van der Waals surface area contributed by atoms with Gasteiger partial charge in [-0.1, -0.05) is 12.5 Å². The van der Waals surface area contributed by atoms with Gasteiger partial charge in [-0.25, -0.2) is 27.8 Å². The van der Waals surface area contributed by atoms with Crippen LogP contribution in [0.25, 0.3) is 0 Å². The topological polar surface area (TPSA) is 71.8 Å². The minimum atomic E-state index is -1.43. The third kappa shape index (κ3) is 4.02. The molecule has 3 aliphatic rings. The zero-order valence-electron chi connectivity index (χ0n) is 19.6. The molecule has 1 aliphatic carbocycles. The lowest BCUT2D eigenvalue weighted by Crippen LogP contribution is -2.48. The van der Waals surface area contributed by atoms with Crippen molar-refractivity contribution in [2.24, 2.45) is 11.8 Å². The van der Waals surface area contributed by atoms with E-state index in [1.54, 1.807) is 11.0 Å². The third-order valence-corrected chi connectivity index (χ3v) is 7.81. The summed E-state index contributed by atoms with van der Waals surface area (Å²) < 4.78 is 44.0. The molecule has 3 aromatic rings. The van der Waals surface area contributed by atoms with Crippen LogP contribution < -0.4 is 10.2 Å². The van der Waals surface area contributed by atoms with Crippen LogP contribution in [0.2, 0.25) is 0 Å². The lowest BCUT2D eigenvalue weighted by molar-refractivity contribution is 0.374. The minimum Gasteiger partial charge on any atom is -0.356 e. The molecule has 2 fully saturated rings. The van der Waals surface area contributed by atoms with E-state index in [4.69, 9.17) is 10.1 Å². The van der Waals surface area contributed by atoms with Crippen LogP contribution in [0.1, 0.15) is 55.1 Å². The Morgan fingerprint density at radius 1 is 0.971 bits per heavy atom. The summed E-state index contributed by atoms with van der Waals surface area (Å²) in [6, 6.07) is 4.60. The Bertz CT molecular complexity index is 1230. The van der Waals surface area contributed by atoms with Gasteiger partial charge in [-0.3, -0.25) is 0 Å². The number of anilines is 2. The maximum absolute atomic E-state index is 14.7. The summed E-state index contributed by atoms with van der Waals surface area (Å²) in [5.74, 6) is -1.23. The first kappa shape index (κ1) is 22.3. The predicted molar refractivity (Wildman–Crippen MR) is 125 cm³/mol. The van der Waals surface area contributed by atoms with E-state index in [1.165, 1.54) is 6.07 Å². The molecule has 0 spiro atoms. The van der Waals surface area contributed by atoms with Crippen molar-refractivity contribution in [1.29, 1.82) is 0 Å². The standard InChI is InChI=1S/C25H28F3N7/c1-14-10-20(30-13-29-14)34-11-15-5-6-16(12-34)23(15)31-25-32-24-18(4-2-3-9-35(24)33-25)17-7-8-19(26)22(28)21(17)27/h7-8,10,13,15-16,18,23H,2-6,9,11-12H2,1H3,(H,31,33). The summed E-state index contributed by atoms with van der Waals surface area (Å²) in [5.41, 5.74) is 1.10. The average Bonchev–Trinajstić information content (AvgIpc) is 3.25. The van der Waals surface area contributed by atoms with Gasteiger partial charge in [0, 0.05) is 48.9 Å². The van der Waals surface area contributed by atoms with Gasteiger partial charge in [-0.15, -0.1) is 5.10 Å². The van der Waals surface area contributed by atoms with Crippen molar-refractivity contribution in [1.82, 2.24) is 24.7 Å². The zero-order chi connectivity index (χ0) is 24.1. The Labute approximate surface area is 201 Å². The highest BCUT2D eigenvalue weighted by molar-refractivity contribution is 5.42. The molecule has 1 saturated carbocycles. The zero-order valence-corrected chi connectivity index (χ0v) is 19.6. The van der Waals surface area contributed by atoms with Gasteiger partial charge in [0.1, 0.15) is 18.0 Å². The van der Waals surface area contributed by atoms with Crippen molar-refractivity contribution >= 4 is 11.8 Å². The fraction of sp³-hybridized carbons (Fsp3) is 0.520. The largest absolute Gasteiger partial charge is 0.356 e. The number of nitrogens with zero attached hydrogens (tertiary/aromatic N) is 6. The van der Waals surface area contributed by atoms with E-state index < -0.39 is 23.4 Å². The number of hydrogen-bond donors (Lipinski definition) is 1. The molecule has 4 heterocycles. The second-order valence-electron chi connectivity index (χ2n) is 10.0. The number of benzene rings is 1. The SMILES string of the molecule is Cc1cc(N2CC3CCC(C2)C3Nc2nc3n(n2)CCCCC3c2ccc(F)c(F)c2F)ncn1. The van der Waals surface area contributed by atoms with E-state index in [9.17, 15) is 13.2 Å². The molecule has 7 nitrogen and oxygen atoms in total. The van der Waals surface area contributed by atoms with Crippen LogP contribution in [0.5, 0.6) is 0 Å². The Morgan fingerprint density at radius 3 is 2.54 bits per heavy atom. The third-order valence-electron chi connectivity index (χ3n) is 7.81. The number of halogens is 3. The Kier molecular flexibility index (Phi) is 5.61. The van der Waals surface area contributed by atoms with E-state index in [-0.39, 0.29) is 11.6 Å². The molecule has 184 valence electrons. The van der Waals surface area contributed by atoms with Crippen LogP contribution in [-0.2, 0) is 6.54 Å². The Morgan fingerprint density at radius 2 is 1.77 bits per heavy atom. The molecule has 1 saturated heterocycles. The van der Waals surface area contributed by atoms with Crippen molar-refractivity contribution in [3.8, 4) is 0 Å². The molecule has 1 N–H and O–H groups in total. The highest BCUT2D eigenvalue weighted by Gasteiger charge is 2.43. The quantitative estimate of drug-likeness (QED) is 0.554. The molecular formula is C25H28F3N7. The molecule has 3 unspecified atom stereocenters. The molecule has 2 bridgehead atoms. The van der Waals surface area contributed by atoms with E-state index in [0.717, 1.165) is 56.4 Å². The first-order chi connectivity index (χ1) is 17.0. The molecule has 2 aliphatic heterocycles. The van der Waals surface area contributed by atoms with E-state index in [2.05, 4.69) is 20.2 Å². The van der Waals surface area contributed by atoms with Gasteiger partial charge in [-0.2, -0.15) is 4.98 Å². The number of hydrogen-bond acceptors (Lipinski definition) is 6. The summed E-state index contributed by atoms with van der Waals surface area (Å²) in [6.45, 7) is 4.45.